The summed E-state index contributed by atoms with van der Waals surface area (Å²) in [5, 5.41) is 3.50. The van der Waals surface area contributed by atoms with E-state index in [1.807, 2.05) is 42.5 Å². The van der Waals surface area contributed by atoms with E-state index in [0.29, 0.717) is 16.1 Å². The van der Waals surface area contributed by atoms with E-state index >= 15 is 0 Å². The van der Waals surface area contributed by atoms with Gasteiger partial charge in [-0.25, -0.2) is 0 Å². The number of carbonyl (C=O) groups is 2. The number of thiophene rings is 1. The molecule has 2 heterocycles. The lowest BCUT2D eigenvalue weighted by molar-refractivity contribution is 0.0999. The van der Waals surface area contributed by atoms with Gasteiger partial charge in [-0.05, 0) is 40.7 Å². The second-order valence-electron chi connectivity index (χ2n) is 9.30. The van der Waals surface area contributed by atoms with Crippen LogP contribution in [0.3, 0.4) is 0 Å². The third-order valence-corrected chi connectivity index (χ3v) is 7.00. The predicted octanol–water partition coefficient (Wildman–Crippen LogP) is 5.38. The van der Waals surface area contributed by atoms with Crippen molar-refractivity contribution in [3.8, 4) is 0 Å². The molecule has 174 valence electrons. The number of hydrogen-bond donors (Lipinski definition) is 2. The highest BCUT2D eigenvalue weighted by Gasteiger charge is 2.28. The Labute approximate surface area is 205 Å². The summed E-state index contributed by atoms with van der Waals surface area (Å²) >= 11 is 1.46. The summed E-state index contributed by atoms with van der Waals surface area (Å²) in [5.74, 6) is -0.718. The van der Waals surface area contributed by atoms with Crippen molar-refractivity contribution in [3.63, 3.8) is 0 Å². The molecule has 0 saturated heterocycles. The van der Waals surface area contributed by atoms with Gasteiger partial charge in [0.2, 0.25) is 0 Å². The molecule has 2 aromatic carbocycles. The minimum Gasteiger partial charge on any atom is -0.365 e. The second-order valence-corrected chi connectivity index (χ2v) is 10.4. The molecule has 1 aromatic heterocycles. The minimum atomic E-state index is -0.489. The van der Waals surface area contributed by atoms with Crippen molar-refractivity contribution < 1.29 is 9.59 Å². The van der Waals surface area contributed by atoms with Crippen molar-refractivity contribution in [2.75, 3.05) is 11.9 Å². The highest BCUT2D eigenvalue weighted by Crippen LogP contribution is 2.37. The van der Waals surface area contributed by atoms with Crippen LogP contribution in [0.2, 0.25) is 0 Å². The molecule has 0 bridgehead atoms. The van der Waals surface area contributed by atoms with Crippen LogP contribution in [0.1, 0.15) is 63.1 Å². The van der Waals surface area contributed by atoms with Gasteiger partial charge in [-0.2, -0.15) is 0 Å². The van der Waals surface area contributed by atoms with Gasteiger partial charge in [0.15, 0.2) is 0 Å². The maximum Gasteiger partial charge on any atom is 0.256 e. The van der Waals surface area contributed by atoms with Gasteiger partial charge in [-0.15, -0.1) is 23.7 Å². The number of hydrogen-bond acceptors (Lipinski definition) is 4. The van der Waals surface area contributed by atoms with E-state index in [1.165, 1.54) is 16.9 Å². The SMILES string of the molecule is CC(C)(C)c1ccc(C(=O)Nc2sc3c(c2C(N)=O)CCN(Cc2ccccc2)C3)cc1.Cl. The molecule has 0 spiro atoms. The molecule has 0 unspecified atom stereocenters. The largest absolute Gasteiger partial charge is 0.365 e. The van der Waals surface area contributed by atoms with Crippen LogP contribution < -0.4 is 11.1 Å². The van der Waals surface area contributed by atoms with Gasteiger partial charge in [0.25, 0.3) is 11.8 Å². The summed E-state index contributed by atoms with van der Waals surface area (Å²) in [7, 11) is 0. The molecule has 1 aliphatic heterocycles. The smallest absolute Gasteiger partial charge is 0.256 e. The Hall–Kier alpha value is -2.67. The highest BCUT2D eigenvalue weighted by molar-refractivity contribution is 7.17. The molecule has 1 aliphatic rings. The fourth-order valence-corrected chi connectivity index (χ4v) is 5.37. The fourth-order valence-electron chi connectivity index (χ4n) is 4.08. The Morgan fingerprint density at radius 3 is 2.33 bits per heavy atom. The Bertz CT molecular complexity index is 1130. The van der Waals surface area contributed by atoms with E-state index in [9.17, 15) is 9.59 Å². The maximum absolute atomic E-state index is 12.9. The van der Waals surface area contributed by atoms with Crippen molar-refractivity contribution in [2.45, 2.75) is 45.7 Å². The molecule has 0 atom stereocenters. The third-order valence-electron chi connectivity index (χ3n) is 5.87. The standard InChI is InChI=1S/C26H29N3O2S.ClH/c1-26(2,3)19-11-9-18(10-12-19)24(31)28-25-22(23(27)30)20-13-14-29(16-21(20)32-25)15-17-7-5-4-6-8-17;/h4-12H,13-16H2,1-3H3,(H2,27,30)(H,28,31);1H. The molecule has 3 aromatic rings. The molecule has 0 aliphatic carbocycles. The number of fused-ring (bicyclic) bond motifs is 1. The van der Waals surface area contributed by atoms with E-state index in [1.54, 1.807) is 0 Å². The summed E-state index contributed by atoms with van der Waals surface area (Å²) in [4.78, 5) is 28.6. The van der Waals surface area contributed by atoms with Gasteiger partial charge in [-0.1, -0.05) is 63.2 Å². The number of nitrogens with two attached hydrogens (primary N) is 1. The van der Waals surface area contributed by atoms with Crippen LogP contribution in [-0.2, 0) is 24.9 Å². The van der Waals surface area contributed by atoms with Crippen LogP contribution in [-0.4, -0.2) is 23.3 Å². The number of anilines is 1. The molecular formula is C26H30ClN3O2S. The zero-order chi connectivity index (χ0) is 22.9. The number of benzene rings is 2. The lowest BCUT2D eigenvalue weighted by atomic mass is 9.87. The number of carbonyl (C=O) groups excluding carboxylic acids is 2. The van der Waals surface area contributed by atoms with E-state index in [0.717, 1.165) is 42.1 Å². The second kappa shape index (κ2) is 10.1. The monoisotopic (exact) mass is 483 g/mol. The first-order valence-electron chi connectivity index (χ1n) is 10.8. The summed E-state index contributed by atoms with van der Waals surface area (Å²) in [5.41, 5.74) is 10.2. The van der Waals surface area contributed by atoms with Gasteiger partial charge in [0, 0.05) is 30.1 Å². The van der Waals surface area contributed by atoms with Crippen LogP contribution in [0.5, 0.6) is 0 Å². The van der Waals surface area contributed by atoms with Gasteiger partial charge < -0.3 is 11.1 Å². The van der Waals surface area contributed by atoms with Crippen LogP contribution in [0.4, 0.5) is 5.00 Å². The minimum absolute atomic E-state index is 0. The lowest BCUT2D eigenvalue weighted by Gasteiger charge is -2.27. The van der Waals surface area contributed by atoms with Crippen LogP contribution >= 0.6 is 23.7 Å². The van der Waals surface area contributed by atoms with Crippen molar-refractivity contribution in [1.82, 2.24) is 4.90 Å². The number of rotatable bonds is 5. The van der Waals surface area contributed by atoms with E-state index in [4.69, 9.17) is 5.73 Å². The number of nitrogens with one attached hydrogen (secondary N) is 1. The van der Waals surface area contributed by atoms with Crippen molar-refractivity contribution in [1.29, 1.82) is 0 Å². The first-order valence-corrected chi connectivity index (χ1v) is 11.7. The number of amides is 2. The Morgan fingerprint density at radius 2 is 1.73 bits per heavy atom. The molecule has 0 radical (unpaired) electrons. The van der Waals surface area contributed by atoms with E-state index in [-0.39, 0.29) is 23.7 Å². The zero-order valence-electron chi connectivity index (χ0n) is 19.2. The van der Waals surface area contributed by atoms with Gasteiger partial charge in [-0.3, -0.25) is 14.5 Å². The van der Waals surface area contributed by atoms with Crippen molar-refractivity contribution in [2.24, 2.45) is 5.73 Å². The van der Waals surface area contributed by atoms with Crippen LogP contribution in [0.15, 0.2) is 54.6 Å². The summed E-state index contributed by atoms with van der Waals surface area (Å²) in [6.45, 7) is 8.85. The lowest BCUT2D eigenvalue weighted by Crippen LogP contribution is -2.30. The molecule has 5 nitrogen and oxygen atoms in total. The van der Waals surface area contributed by atoms with Crippen LogP contribution in [0.25, 0.3) is 0 Å². The molecule has 7 heteroatoms. The van der Waals surface area contributed by atoms with Gasteiger partial charge >= 0.3 is 0 Å². The third kappa shape index (κ3) is 5.64. The molecule has 33 heavy (non-hydrogen) atoms. The number of halogens is 1. The molecule has 0 saturated carbocycles. The average molecular weight is 484 g/mol. The first-order chi connectivity index (χ1) is 15.2. The number of primary amides is 1. The zero-order valence-corrected chi connectivity index (χ0v) is 20.8. The molecular weight excluding hydrogens is 454 g/mol. The first kappa shape index (κ1) is 25.0. The Kier molecular flexibility index (Phi) is 7.62. The van der Waals surface area contributed by atoms with Gasteiger partial charge in [0.1, 0.15) is 5.00 Å². The summed E-state index contributed by atoms with van der Waals surface area (Å²) in [6, 6.07) is 18.0. The van der Waals surface area contributed by atoms with E-state index in [2.05, 4.69) is 43.1 Å². The summed E-state index contributed by atoms with van der Waals surface area (Å²) < 4.78 is 0. The topological polar surface area (TPSA) is 75.4 Å². The fraction of sp³-hybridized carbons (Fsp3) is 0.308. The Balaban J connectivity index is 0.00000306. The predicted molar refractivity (Wildman–Crippen MR) is 137 cm³/mol. The van der Waals surface area contributed by atoms with Gasteiger partial charge in [0.05, 0.1) is 5.56 Å². The van der Waals surface area contributed by atoms with Crippen molar-refractivity contribution >= 4 is 40.6 Å². The number of nitrogens with zero attached hydrogens (tertiary/aromatic N) is 1. The normalized spacial score (nSPS) is 13.7. The molecule has 2 amide bonds. The average Bonchev–Trinajstić information content (AvgIpc) is 3.11. The highest BCUT2D eigenvalue weighted by atomic mass is 35.5. The molecule has 3 N–H and O–H groups in total. The quantitative estimate of drug-likeness (QED) is 0.511. The van der Waals surface area contributed by atoms with E-state index < -0.39 is 5.91 Å². The maximum atomic E-state index is 12.9. The summed E-state index contributed by atoms with van der Waals surface area (Å²) in [6.07, 6.45) is 0.743. The Morgan fingerprint density at radius 1 is 1.06 bits per heavy atom. The molecule has 0 fully saturated rings. The van der Waals surface area contributed by atoms with Crippen molar-refractivity contribution in [3.05, 3.63) is 87.3 Å². The molecule has 4 rings (SSSR count). The van der Waals surface area contributed by atoms with Crippen LogP contribution in [0, 0.1) is 0 Å².